The van der Waals surface area contributed by atoms with E-state index in [-0.39, 0.29) is 12.4 Å². The number of aliphatic carboxylic acids is 2. The third kappa shape index (κ3) is 41.5. The van der Waals surface area contributed by atoms with Crippen LogP contribution < -0.4 is 22.6 Å². The van der Waals surface area contributed by atoms with Gasteiger partial charge in [0.2, 0.25) is 0 Å². The number of carbonyl (C=O) groups excluding carboxylic acids is 2. The lowest BCUT2D eigenvalue weighted by Crippen LogP contribution is -3.00. The topological polar surface area (TPSA) is 80.3 Å². The van der Waals surface area contributed by atoms with Gasteiger partial charge in [-0.2, -0.15) is 0 Å². The molecule has 0 bridgehead atoms. The number of halogens is 1. The van der Waals surface area contributed by atoms with Crippen LogP contribution in [-0.4, -0.2) is 107 Å². The molecule has 0 spiro atoms. The summed E-state index contributed by atoms with van der Waals surface area (Å²) < 4.78 is 2.85. The lowest BCUT2D eigenvalue weighted by atomic mass is 10.4. The van der Waals surface area contributed by atoms with Gasteiger partial charge < -0.3 is 45.7 Å². The highest BCUT2D eigenvalue weighted by Crippen LogP contribution is 1.96. The van der Waals surface area contributed by atoms with Crippen LogP contribution in [0.15, 0.2) is 88.1 Å². The maximum absolute atomic E-state index is 9.41. The zero-order valence-corrected chi connectivity index (χ0v) is 24.2. The van der Waals surface area contributed by atoms with Crippen molar-refractivity contribution >= 4 is 11.9 Å². The molecule has 0 rings (SSSR count). The molecule has 0 radical (unpaired) electrons. The molecule has 0 unspecified atom stereocenters. The average Bonchev–Trinajstić information content (AvgIpc) is 2.67. The molecule has 0 aromatic rings. The molecule has 0 aliphatic carbocycles. The van der Waals surface area contributed by atoms with E-state index < -0.39 is 11.9 Å². The number of hydrogen-bond acceptors (Lipinski definition) is 4. The molecular formula is C28H50ClN3O4. The molecule has 0 atom stereocenters. The number of likely N-dealkylation sites (N-methyl/N-ethyl adjacent to an activating group) is 3. The maximum atomic E-state index is 9.41. The van der Waals surface area contributed by atoms with Crippen molar-refractivity contribution in [1.82, 2.24) is 0 Å². The van der Waals surface area contributed by atoms with Crippen molar-refractivity contribution < 1.29 is 45.7 Å². The molecule has 0 aromatic heterocycles. The third-order valence-electron chi connectivity index (χ3n) is 4.10. The third-order valence-corrected chi connectivity index (χ3v) is 4.10. The van der Waals surface area contributed by atoms with Gasteiger partial charge in [0.25, 0.3) is 0 Å². The van der Waals surface area contributed by atoms with Crippen LogP contribution in [0.1, 0.15) is 0 Å². The Morgan fingerprint density at radius 1 is 0.500 bits per heavy atom. The first-order valence-corrected chi connectivity index (χ1v) is 11.2. The normalized spacial score (nSPS) is 10.3. The first-order valence-electron chi connectivity index (χ1n) is 11.2. The SMILES string of the molecule is C=CC[N+](C)(C)CC=C.C=CC[N+](C)(C)CC=C.C=CC[N+](C)(C)CC=C.O=C([O-])/C=C\C(=O)[O-].[Cl-]. The van der Waals surface area contributed by atoms with Crippen molar-refractivity contribution in [2.24, 2.45) is 0 Å². The average molecular weight is 528 g/mol. The molecule has 0 N–H and O–H groups in total. The van der Waals surface area contributed by atoms with Crippen molar-refractivity contribution in [2.75, 3.05) is 81.6 Å². The number of hydrogen-bond donors (Lipinski definition) is 0. The lowest BCUT2D eigenvalue weighted by molar-refractivity contribution is -0.878. The van der Waals surface area contributed by atoms with E-state index in [0.717, 1.165) is 52.7 Å². The van der Waals surface area contributed by atoms with Crippen molar-refractivity contribution in [3.8, 4) is 0 Å². The Balaban J connectivity index is -0.000000118. The molecule has 0 fully saturated rings. The Morgan fingerprint density at radius 3 is 0.722 bits per heavy atom. The Labute approximate surface area is 227 Å². The van der Waals surface area contributed by atoms with Crippen molar-refractivity contribution in [1.29, 1.82) is 0 Å². The molecule has 0 aliphatic heterocycles. The Bertz CT molecular complexity index is 578. The first kappa shape index (κ1) is 43.4. The number of carboxylic acids is 2. The van der Waals surface area contributed by atoms with Gasteiger partial charge in [-0.15, -0.1) is 0 Å². The van der Waals surface area contributed by atoms with Crippen LogP contribution >= 0.6 is 0 Å². The molecule has 0 amide bonds. The highest BCUT2D eigenvalue weighted by atomic mass is 35.5. The molecule has 0 aromatic carbocycles. The van der Waals surface area contributed by atoms with Crippen molar-refractivity contribution in [2.45, 2.75) is 0 Å². The maximum Gasteiger partial charge on any atom is 0.0969 e. The van der Waals surface area contributed by atoms with E-state index in [1.165, 1.54) is 0 Å². The number of quaternary nitrogens is 3. The molecule has 0 aliphatic rings. The predicted molar refractivity (Wildman–Crippen MR) is 146 cm³/mol. The number of nitrogens with zero attached hydrogens (tertiary/aromatic N) is 3. The second-order valence-electron chi connectivity index (χ2n) is 9.61. The Hall–Kier alpha value is -2.71. The van der Waals surface area contributed by atoms with Crippen LogP contribution in [0.2, 0.25) is 0 Å². The van der Waals surface area contributed by atoms with E-state index in [9.17, 15) is 19.8 Å². The standard InChI is InChI=1S/3C8H16N.C4H4O4.ClH/c3*1-5-7-9(3,4)8-6-2;5-3(6)1-2-4(7)8;/h3*5-6H,1-2,7-8H2,3-4H3;1-2H,(H,5,6)(H,7,8);1H/q3*+1;;/p-3/b;;;2-1-;. The Morgan fingerprint density at radius 2 is 0.639 bits per heavy atom. The van der Waals surface area contributed by atoms with E-state index in [2.05, 4.69) is 81.8 Å². The van der Waals surface area contributed by atoms with Gasteiger partial charge >= 0.3 is 0 Å². The molecule has 0 heterocycles. The summed E-state index contributed by atoms with van der Waals surface area (Å²) in [5, 5.41) is 18.8. The molecular weight excluding hydrogens is 478 g/mol. The smallest absolute Gasteiger partial charge is 0.0969 e. The molecule has 8 heteroatoms. The van der Waals surface area contributed by atoms with E-state index in [1.807, 2.05) is 36.5 Å². The highest BCUT2D eigenvalue weighted by molar-refractivity contribution is 5.87. The summed E-state index contributed by atoms with van der Waals surface area (Å²) in [6, 6.07) is 0. The van der Waals surface area contributed by atoms with Crippen LogP contribution in [-0.2, 0) is 9.59 Å². The second kappa shape index (κ2) is 25.4. The minimum absolute atomic E-state index is 0. The number of carboxylic acid groups (broad SMARTS) is 2. The fourth-order valence-electron chi connectivity index (χ4n) is 2.46. The van der Waals surface area contributed by atoms with Gasteiger partial charge in [0.15, 0.2) is 0 Å². The molecule has 7 nitrogen and oxygen atoms in total. The van der Waals surface area contributed by atoms with Gasteiger partial charge in [0.1, 0.15) is 0 Å². The summed E-state index contributed by atoms with van der Waals surface area (Å²) in [7, 11) is 12.9. The fourth-order valence-corrected chi connectivity index (χ4v) is 2.46. The van der Waals surface area contributed by atoms with Gasteiger partial charge in [-0.05, 0) is 48.6 Å². The molecule has 208 valence electrons. The summed E-state index contributed by atoms with van der Waals surface area (Å²) in [6.45, 7) is 28.1. The van der Waals surface area contributed by atoms with E-state index in [4.69, 9.17) is 0 Å². The summed E-state index contributed by atoms with van der Waals surface area (Å²) in [4.78, 5) is 18.8. The van der Waals surface area contributed by atoms with Crippen LogP contribution in [0, 0.1) is 0 Å². The highest BCUT2D eigenvalue weighted by Gasteiger charge is 2.09. The lowest BCUT2D eigenvalue weighted by Gasteiger charge is -2.26. The fraction of sp³-hybridized carbons (Fsp3) is 0.429. The quantitative estimate of drug-likeness (QED) is 0.154. The summed E-state index contributed by atoms with van der Waals surface area (Å²) >= 11 is 0. The van der Waals surface area contributed by atoms with Crippen LogP contribution in [0.25, 0.3) is 0 Å². The minimum atomic E-state index is -1.55. The minimum Gasteiger partial charge on any atom is -1.00 e. The second-order valence-corrected chi connectivity index (χ2v) is 9.61. The largest absolute Gasteiger partial charge is 1.00 e. The van der Waals surface area contributed by atoms with E-state index >= 15 is 0 Å². The van der Waals surface area contributed by atoms with Crippen molar-refractivity contribution in [3.05, 3.63) is 88.1 Å². The van der Waals surface area contributed by atoms with Gasteiger partial charge in [-0.3, -0.25) is 0 Å². The number of rotatable bonds is 14. The summed E-state index contributed by atoms with van der Waals surface area (Å²) in [5.41, 5.74) is 0. The zero-order chi connectivity index (χ0) is 28.6. The van der Waals surface area contributed by atoms with Gasteiger partial charge in [-0.25, -0.2) is 0 Å². The van der Waals surface area contributed by atoms with Gasteiger partial charge in [-0.1, -0.05) is 39.5 Å². The number of carbonyl (C=O) groups is 2. The summed E-state index contributed by atoms with van der Waals surface area (Å²) in [6.07, 6.45) is 12.4. The Kier molecular flexibility index (Phi) is 30.6. The first-order chi connectivity index (χ1) is 16.0. The van der Waals surface area contributed by atoms with Crippen LogP contribution in [0.4, 0.5) is 0 Å². The van der Waals surface area contributed by atoms with E-state index in [0.29, 0.717) is 12.2 Å². The monoisotopic (exact) mass is 527 g/mol. The van der Waals surface area contributed by atoms with Crippen LogP contribution in [0.3, 0.4) is 0 Å². The predicted octanol–water partition coefficient (Wildman–Crippen LogP) is -1.65. The molecule has 0 saturated heterocycles. The summed E-state index contributed by atoms with van der Waals surface area (Å²) in [5.74, 6) is -3.09. The van der Waals surface area contributed by atoms with Gasteiger partial charge in [0, 0.05) is 0 Å². The van der Waals surface area contributed by atoms with Gasteiger partial charge in [0.05, 0.1) is 93.5 Å². The van der Waals surface area contributed by atoms with Crippen LogP contribution in [0.5, 0.6) is 0 Å². The van der Waals surface area contributed by atoms with Crippen molar-refractivity contribution in [3.63, 3.8) is 0 Å². The zero-order valence-electron chi connectivity index (χ0n) is 23.5. The molecule has 0 saturated carbocycles. The van der Waals surface area contributed by atoms with E-state index in [1.54, 1.807) is 0 Å². The molecule has 36 heavy (non-hydrogen) atoms.